The Morgan fingerprint density at radius 1 is 1.45 bits per heavy atom. The smallest absolute Gasteiger partial charge is 0.183 e. The number of hydrogen-bond acceptors (Lipinski definition) is 2. The standard InChI is InChI=1S/C8H6ClNO/c9-6-3-1-2-5-7(11)4-10-8(5)6/h1-3,10H,4H2. The second kappa shape index (κ2) is 2.24. The second-order valence-corrected chi connectivity index (χ2v) is 2.85. The third kappa shape index (κ3) is 0.906. The first kappa shape index (κ1) is 6.68. The van der Waals surface area contributed by atoms with Crippen molar-refractivity contribution in [3.63, 3.8) is 0 Å². The number of halogens is 1. The van der Waals surface area contributed by atoms with E-state index in [4.69, 9.17) is 11.6 Å². The monoisotopic (exact) mass is 167 g/mol. The van der Waals surface area contributed by atoms with Crippen molar-refractivity contribution in [1.82, 2.24) is 0 Å². The third-order valence-corrected chi connectivity index (χ3v) is 2.05. The van der Waals surface area contributed by atoms with E-state index in [0.717, 1.165) is 5.69 Å². The number of benzene rings is 1. The zero-order chi connectivity index (χ0) is 7.84. The normalized spacial score (nSPS) is 14.5. The molecule has 0 saturated heterocycles. The van der Waals surface area contributed by atoms with Gasteiger partial charge in [-0.15, -0.1) is 0 Å². The number of fused-ring (bicyclic) bond motifs is 1. The molecule has 0 amide bonds. The van der Waals surface area contributed by atoms with E-state index >= 15 is 0 Å². The lowest BCUT2D eigenvalue weighted by Gasteiger charge is -1.98. The highest BCUT2D eigenvalue weighted by Gasteiger charge is 2.19. The Labute approximate surface area is 69.2 Å². The number of para-hydroxylation sites is 1. The molecule has 1 aromatic carbocycles. The van der Waals surface area contributed by atoms with Gasteiger partial charge in [0, 0.05) is 5.56 Å². The number of carbonyl (C=O) groups is 1. The fourth-order valence-corrected chi connectivity index (χ4v) is 1.44. The molecule has 1 aliphatic rings. The molecule has 0 radical (unpaired) electrons. The summed E-state index contributed by atoms with van der Waals surface area (Å²) in [4.78, 5) is 11.1. The van der Waals surface area contributed by atoms with Gasteiger partial charge in [0.2, 0.25) is 0 Å². The van der Waals surface area contributed by atoms with Crippen molar-refractivity contribution in [1.29, 1.82) is 0 Å². The van der Waals surface area contributed by atoms with E-state index in [2.05, 4.69) is 5.32 Å². The molecule has 2 nitrogen and oxygen atoms in total. The number of ketones is 1. The highest BCUT2D eigenvalue weighted by molar-refractivity contribution is 6.34. The molecule has 56 valence electrons. The lowest BCUT2D eigenvalue weighted by molar-refractivity contribution is 0.101. The molecule has 0 atom stereocenters. The maximum atomic E-state index is 11.1. The highest BCUT2D eigenvalue weighted by atomic mass is 35.5. The van der Waals surface area contributed by atoms with E-state index in [1.807, 2.05) is 0 Å². The summed E-state index contributed by atoms with van der Waals surface area (Å²) in [5.74, 6) is 0.113. The average Bonchev–Trinajstić information content (AvgIpc) is 2.35. The van der Waals surface area contributed by atoms with E-state index in [0.29, 0.717) is 17.1 Å². The molecule has 1 aromatic rings. The summed E-state index contributed by atoms with van der Waals surface area (Å²) in [6, 6.07) is 5.33. The fraction of sp³-hybridized carbons (Fsp3) is 0.125. The predicted molar refractivity (Wildman–Crippen MR) is 44.3 cm³/mol. The largest absolute Gasteiger partial charge is 0.376 e. The molecule has 0 saturated carbocycles. The van der Waals surface area contributed by atoms with Crippen molar-refractivity contribution in [2.45, 2.75) is 0 Å². The summed E-state index contributed by atoms with van der Waals surface area (Å²) in [5.41, 5.74) is 1.48. The molecule has 11 heavy (non-hydrogen) atoms. The van der Waals surface area contributed by atoms with Crippen LogP contribution in [0.25, 0.3) is 0 Å². The second-order valence-electron chi connectivity index (χ2n) is 2.44. The van der Waals surface area contributed by atoms with E-state index in [1.54, 1.807) is 18.2 Å². The zero-order valence-electron chi connectivity index (χ0n) is 5.73. The van der Waals surface area contributed by atoms with Crippen LogP contribution >= 0.6 is 11.6 Å². The third-order valence-electron chi connectivity index (χ3n) is 1.74. The van der Waals surface area contributed by atoms with Gasteiger partial charge in [0.1, 0.15) is 0 Å². The maximum Gasteiger partial charge on any atom is 0.183 e. The van der Waals surface area contributed by atoms with Gasteiger partial charge < -0.3 is 5.32 Å². The number of nitrogens with one attached hydrogen (secondary N) is 1. The Bertz CT molecular complexity index is 322. The molecule has 2 rings (SSSR count). The molecule has 0 unspecified atom stereocenters. The Morgan fingerprint density at radius 2 is 2.27 bits per heavy atom. The van der Waals surface area contributed by atoms with Gasteiger partial charge in [-0.2, -0.15) is 0 Å². The first-order valence-electron chi connectivity index (χ1n) is 3.34. The average molecular weight is 168 g/mol. The molecule has 0 fully saturated rings. The molecule has 0 aromatic heterocycles. The highest BCUT2D eigenvalue weighted by Crippen LogP contribution is 2.29. The van der Waals surface area contributed by atoms with Crippen LogP contribution in [-0.4, -0.2) is 12.3 Å². The Morgan fingerprint density at radius 3 is 3.00 bits per heavy atom. The van der Waals surface area contributed by atoms with Gasteiger partial charge in [0.25, 0.3) is 0 Å². The number of rotatable bonds is 0. The van der Waals surface area contributed by atoms with Crippen LogP contribution < -0.4 is 5.32 Å². The molecule has 3 heteroatoms. The zero-order valence-corrected chi connectivity index (χ0v) is 6.48. The summed E-state index contributed by atoms with van der Waals surface area (Å²) in [5, 5.41) is 3.56. The predicted octanol–water partition coefficient (Wildman–Crippen LogP) is 1.95. The van der Waals surface area contributed by atoms with Crippen LogP contribution in [0.4, 0.5) is 5.69 Å². The molecular weight excluding hydrogens is 162 g/mol. The van der Waals surface area contributed by atoms with Gasteiger partial charge in [-0.1, -0.05) is 17.7 Å². The van der Waals surface area contributed by atoms with Crippen LogP contribution in [0.2, 0.25) is 5.02 Å². The van der Waals surface area contributed by atoms with Crippen LogP contribution in [0.5, 0.6) is 0 Å². The van der Waals surface area contributed by atoms with Crippen LogP contribution in [0.3, 0.4) is 0 Å². The molecule has 1 aliphatic heterocycles. The van der Waals surface area contributed by atoms with E-state index in [-0.39, 0.29) is 5.78 Å². The number of Topliss-reactive ketones (excluding diaryl/α,β-unsaturated/α-hetero) is 1. The van der Waals surface area contributed by atoms with Gasteiger partial charge in [0.15, 0.2) is 5.78 Å². The Hall–Kier alpha value is -1.02. The lowest BCUT2D eigenvalue weighted by Crippen LogP contribution is -2.00. The van der Waals surface area contributed by atoms with Gasteiger partial charge in [0.05, 0.1) is 17.3 Å². The van der Waals surface area contributed by atoms with Crippen LogP contribution in [0.15, 0.2) is 18.2 Å². The minimum Gasteiger partial charge on any atom is -0.376 e. The summed E-state index contributed by atoms with van der Waals surface area (Å²) >= 11 is 5.82. The van der Waals surface area contributed by atoms with Crippen molar-refractivity contribution in [2.75, 3.05) is 11.9 Å². The molecule has 1 N–H and O–H groups in total. The first-order chi connectivity index (χ1) is 5.29. The minimum atomic E-state index is 0.113. The molecule has 0 bridgehead atoms. The fourth-order valence-electron chi connectivity index (χ4n) is 1.20. The summed E-state index contributed by atoms with van der Waals surface area (Å²) < 4.78 is 0. The summed E-state index contributed by atoms with van der Waals surface area (Å²) in [7, 11) is 0. The Kier molecular flexibility index (Phi) is 1.36. The van der Waals surface area contributed by atoms with Crippen LogP contribution in [0.1, 0.15) is 10.4 Å². The number of carbonyl (C=O) groups excluding carboxylic acids is 1. The van der Waals surface area contributed by atoms with E-state index < -0.39 is 0 Å². The molecular formula is C8H6ClNO. The number of hydrogen-bond donors (Lipinski definition) is 1. The quantitative estimate of drug-likeness (QED) is 0.640. The van der Waals surface area contributed by atoms with Crippen molar-refractivity contribution < 1.29 is 4.79 Å². The van der Waals surface area contributed by atoms with Gasteiger partial charge in [-0.25, -0.2) is 0 Å². The topological polar surface area (TPSA) is 29.1 Å². The van der Waals surface area contributed by atoms with Gasteiger partial charge in [-0.05, 0) is 12.1 Å². The molecule has 0 spiro atoms. The molecule has 0 aliphatic carbocycles. The first-order valence-corrected chi connectivity index (χ1v) is 3.72. The number of anilines is 1. The van der Waals surface area contributed by atoms with Gasteiger partial charge in [-0.3, -0.25) is 4.79 Å². The van der Waals surface area contributed by atoms with Crippen molar-refractivity contribution in [2.24, 2.45) is 0 Å². The summed E-state index contributed by atoms with van der Waals surface area (Å²) in [6.07, 6.45) is 0. The van der Waals surface area contributed by atoms with Crippen LogP contribution in [-0.2, 0) is 0 Å². The molecule has 1 heterocycles. The van der Waals surface area contributed by atoms with Crippen molar-refractivity contribution in [3.05, 3.63) is 28.8 Å². The maximum absolute atomic E-state index is 11.1. The summed E-state index contributed by atoms with van der Waals surface area (Å²) in [6.45, 7) is 0.374. The van der Waals surface area contributed by atoms with E-state index in [9.17, 15) is 4.79 Å². The lowest BCUT2D eigenvalue weighted by atomic mass is 10.1. The van der Waals surface area contributed by atoms with E-state index in [1.165, 1.54) is 0 Å². The minimum absolute atomic E-state index is 0.113. The Balaban J connectivity index is 2.66. The van der Waals surface area contributed by atoms with Gasteiger partial charge >= 0.3 is 0 Å². The van der Waals surface area contributed by atoms with Crippen molar-refractivity contribution in [3.8, 4) is 0 Å². The van der Waals surface area contributed by atoms with Crippen molar-refractivity contribution >= 4 is 23.1 Å². The SMILES string of the molecule is O=C1CNc2c(Cl)cccc21. The van der Waals surface area contributed by atoms with Crippen LogP contribution in [0, 0.1) is 0 Å².